The standard InChI is InChI=1S/C23H18N4O2S/c24-21(28)18(14-6-2-1-3-7-14)10-15-12-25-22-19(15)11-16(13-26-22)27-23(29)17-8-4-5-9-20(17)30/h1-8,10-13H,9H2,(H2,24,28)(H,25,26)(H,27,29). The second-order valence-corrected chi connectivity index (χ2v) is 7.24. The largest absolute Gasteiger partial charge is 0.366 e. The van der Waals surface area contributed by atoms with Crippen molar-refractivity contribution < 1.29 is 9.59 Å². The molecule has 2 heterocycles. The van der Waals surface area contributed by atoms with Gasteiger partial charge in [-0.1, -0.05) is 54.7 Å². The van der Waals surface area contributed by atoms with E-state index < -0.39 is 5.91 Å². The molecule has 4 rings (SSSR count). The zero-order valence-electron chi connectivity index (χ0n) is 15.9. The van der Waals surface area contributed by atoms with Crippen molar-refractivity contribution in [2.45, 2.75) is 6.42 Å². The topological polar surface area (TPSA) is 101 Å². The molecule has 0 aliphatic heterocycles. The maximum atomic E-state index is 12.6. The lowest BCUT2D eigenvalue weighted by molar-refractivity contribution is -0.113. The van der Waals surface area contributed by atoms with Gasteiger partial charge in [0.25, 0.3) is 5.91 Å². The van der Waals surface area contributed by atoms with Crippen LogP contribution in [0.1, 0.15) is 17.5 Å². The number of rotatable bonds is 5. The van der Waals surface area contributed by atoms with Crippen molar-refractivity contribution in [3.05, 3.63) is 83.7 Å². The van der Waals surface area contributed by atoms with E-state index in [9.17, 15) is 9.59 Å². The minimum atomic E-state index is -0.529. The van der Waals surface area contributed by atoms with E-state index in [0.29, 0.717) is 33.8 Å². The smallest absolute Gasteiger partial charge is 0.256 e. The van der Waals surface area contributed by atoms with Crippen LogP contribution in [-0.4, -0.2) is 26.6 Å². The SMILES string of the molecule is NC(=O)C(=Cc1c[nH]c2ncc(NC(=O)C3=CC=CCC3=S)cc12)c1ccccc1. The maximum Gasteiger partial charge on any atom is 0.256 e. The van der Waals surface area contributed by atoms with Crippen molar-refractivity contribution >= 4 is 57.3 Å². The molecule has 0 fully saturated rings. The fraction of sp³-hybridized carbons (Fsp3) is 0.0435. The molecule has 0 bridgehead atoms. The average molecular weight is 414 g/mol. The molecule has 0 radical (unpaired) electrons. The third-order valence-electron chi connectivity index (χ3n) is 4.72. The van der Waals surface area contributed by atoms with E-state index in [4.69, 9.17) is 18.0 Å². The molecule has 4 N–H and O–H groups in total. The summed E-state index contributed by atoms with van der Waals surface area (Å²) in [4.78, 5) is 32.6. The van der Waals surface area contributed by atoms with E-state index in [-0.39, 0.29) is 5.91 Å². The number of hydrogen-bond donors (Lipinski definition) is 3. The Morgan fingerprint density at radius 2 is 2.03 bits per heavy atom. The van der Waals surface area contributed by atoms with Gasteiger partial charge in [-0.3, -0.25) is 9.59 Å². The third-order valence-corrected chi connectivity index (χ3v) is 5.10. The van der Waals surface area contributed by atoms with E-state index in [1.165, 1.54) is 0 Å². The number of carbonyl (C=O) groups is 2. The summed E-state index contributed by atoms with van der Waals surface area (Å²) in [7, 11) is 0. The molecule has 1 aromatic carbocycles. The van der Waals surface area contributed by atoms with E-state index in [2.05, 4.69) is 15.3 Å². The van der Waals surface area contributed by atoms with Gasteiger partial charge in [0.1, 0.15) is 5.65 Å². The van der Waals surface area contributed by atoms with Crippen LogP contribution in [0.5, 0.6) is 0 Å². The molecule has 148 valence electrons. The van der Waals surface area contributed by atoms with E-state index >= 15 is 0 Å². The molecule has 7 heteroatoms. The molecule has 0 atom stereocenters. The fourth-order valence-electron chi connectivity index (χ4n) is 3.22. The van der Waals surface area contributed by atoms with Crippen LogP contribution in [0.3, 0.4) is 0 Å². The Labute approximate surface area is 178 Å². The second-order valence-electron chi connectivity index (χ2n) is 6.74. The van der Waals surface area contributed by atoms with Crippen molar-refractivity contribution in [2.75, 3.05) is 5.32 Å². The van der Waals surface area contributed by atoms with Crippen LogP contribution in [0.2, 0.25) is 0 Å². The highest BCUT2D eigenvalue weighted by Gasteiger charge is 2.16. The number of nitrogens with zero attached hydrogens (tertiary/aromatic N) is 1. The number of nitrogens with two attached hydrogens (primary N) is 1. The number of anilines is 1. The lowest BCUT2D eigenvalue weighted by Gasteiger charge is -2.11. The first-order chi connectivity index (χ1) is 14.5. The van der Waals surface area contributed by atoms with Gasteiger partial charge in [-0.15, -0.1) is 0 Å². The number of fused-ring (bicyclic) bond motifs is 1. The summed E-state index contributed by atoms with van der Waals surface area (Å²) in [6.07, 6.45) is 11.0. The molecule has 1 aliphatic rings. The van der Waals surface area contributed by atoms with Crippen molar-refractivity contribution in [1.29, 1.82) is 0 Å². The van der Waals surface area contributed by atoms with Crippen LogP contribution in [0, 0.1) is 0 Å². The second kappa shape index (κ2) is 8.26. The van der Waals surface area contributed by atoms with E-state index in [0.717, 1.165) is 16.5 Å². The predicted molar refractivity (Wildman–Crippen MR) is 123 cm³/mol. The quantitative estimate of drug-likeness (QED) is 0.437. The minimum absolute atomic E-state index is 0.278. The van der Waals surface area contributed by atoms with Crippen molar-refractivity contribution in [3.8, 4) is 0 Å². The fourth-order valence-corrected chi connectivity index (χ4v) is 3.48. The summed E-state index contributed by atoms with van der Waals surface area (Å²) in [6.45, 7) is 0. The van der Waals surface area contributed by atoms with Gasteiger partial charge >= 0.3 is 0 Å². The summed E-state index contributed by atoms with van der Waals surface area (Å²) in [6, 6.07) is 11.0. The number of thiocarbonyl (C=S) groups is 1. The van der Waals surface area contributed by atoms with E-state index in [1.807, 2.05) is 42.5 Å². The van der Waals surface area contributed by atoms with Gasteiger partial charge in [0, 0.05) is 34.0 Å². The van der Waals surface area contributed by atoms with Crippen molar-refractivity contribution in [3.63, 3.8) is 0 Å². The first-order valence-corrected chi connectivity index (χ1v) is 9.69. The zero-order valence-corrected chi connectivity index (χ0v) is 16.7. The first-order valence-electron chi connectivity index (χ1n) is 9.28. The Morgan fingerprint density at radius 1 is 1.23 bits per heavy atom. The number of benzene rings is 1. The van der Waals surface area contributed by atoms with Crippen LogP contribution >= 0.6 is 12.2 Å². The number of carbonyl (C=O) groups excluding carboxylic acids is 2. The van der Waals surface area contributed by atoms with Crippen molar-refractivity contribution in [1.82, 2.24) is 9.97 Å². The lowest BCUT2D eigenvalue weighted by atomic mass is 10.0. The monoisotopic (exact) mass is 414 g/mol. The molecule has 3 aromatic rings. The van der Waals surface area contributed by atoms with Crippen LogP contribution in [0.25, 0.3) is 22.7 Å². The summed E-state index contributed by atoms with van der Waals surface area (Å²) in [5.74, 6) is -0.806. The van der Waals surface area contributed by atoms with Crippen molar-refractivity contribution in [2.24, 2.45) is 5.73 Å². The van der Waals surface area contributed by atoms with Crippen LogP contribution in [0.15, 0.2) is 72.6 Å². The molecule has 30 heavy (non-hydrogen) atoms. The number of allylic oxidation sites excluding steroid dienone is 3. The number of hydrogen-bond acceptors (Lipinski definition) is 4. The number of aromatic nitrogens is 2. The van der Waals surface area contributed by atoms with Crippen LogP contribution in [0.4, 0.5) is 5.69 Å². The molecule has 2 amide bonds. The minimum Gasteiger partial charge on any atom is -0.366 e. The number of primary amides is 1. The number of amides is 2. The highest BCUT2D eigenvalue weighted by molar-refractivity contribution is 7.81. The maximum absolute atomic E-state index is 12.6. The van der Waals surface area contributed by atoms with Gasteiger partial charge in [0.15, 0.2) is 0 Å². The Morgan fingerprint density at radius 3 is 2.77 bits per heavy atom. The zero-order chi connectivity index (χ0) is 21.1. The van der Waals surface area contributed by atoms with Gasteiger partial charge in [-0.25, -0.2) is 4.98 Å². The highest BCUT2D eigenvalue weighted by Crippen LogP contribution is 2.25. The molecule has 0 spiro atoms. The molecular formula is C23H18N4O2S. The molecular weight excluding hydrogens is 396 g/mol. The van der Waals surface area contributed by atoms with Crippen LogP contribution in [-0.2, 0) is 9.59 Å². The number of H-pyrrole nitrogens is 1. The van der Waals surface area contributed by atoms with Gasteiger partial charge in [-0.05, 0) is 23.8 Å². The predicted octanol–water partition coefficient (Wildman–Crippen LogP) is 3.78. The Kier molecular flexibility index (Phi) is 5.36. The Bertz CT molecular complexity index is 1250. The summed E-state index contributed by atoms with van der Waals surface area (Å²) >= 11 is 5.27. The number of aromatic amines is 1. The highest BCUT2D eigenvalue weighted by atomic mass is 32.1. The molecule has 0 saturated heterocycles. The third kappa shape index (κ3) is 3.97. The number of pyridine rings is 1. The average Bonchev–Trinajstić information content (AvgIpc) is 3.14. The molecule has 2 aromatic heterocycles. The van der Waals surface area contributed by atoms with Crippen LogP contribution < -0.4 is 11.1 Å². The van der Waals surface area contributed by atoms with E-state index in [1.54, 1.807) is 30.6 Å². The van der Waals surface area contributed by atoms with Gasteiger partial charge in [-0.2, -0.15) is 0 Å². The molecule has 6 nitrogen and oxygen atoms in total. The summed E-state index contributed by atoms with van der Waals surface area (Å²) in [5, 5.41) is 3.59. The molecule has 0 unspecified atom stereocenters. The Hall–Kier alpha value is -3.84. The molecule has 1 aliphatic carbocycles. The summed E-state index contributed by atoms with van der Waals surface area (Å²) < 4.78 is 0. The first kappa shape index (κ1) is 19.5. The Balaban J connectivity index is 1.69. The van der Waals surface area contributed by atoms with Gasteiger partial charge < -0.3 is 16.0 Å². The summed E-state index contributed by atoms with van der Waals surface area (Å²) in [5.41, 5.74) is 9.09. The normalized spacial score (nSPS) is 13.9. The van der Waals surface area contributed by atoms with Gasteiger partial charge in [0.05, 0.1) is 17.5 Å². The van der Waals surface area contributed by atoms with Gasteiger partial charge in [0.2, 0.25) is 5.91 Å². The lowest BCUT2D eigenvalue weighted by Crippen LogP contribution is -2.20. The molecule has 0 saturated carbocycles. The number of nitrogens with one attached hydrogen (secondary N) is 2.